The van der Waals surface area contributed by atoms with E-state index in [-0.39, 0.29) is 12.6 Å². The van der Waals surface area contributed by atoms with Crippen molar-refractivity contribution >= 4 is 17.6 Å². The Kier molecular flexibility index (Phi) is 2.95. The third kappa shape index (κ3) is 2.33. The highest BCUT2D eigenvalue weighted by Crippen LogP contribution is 2.28. The Labute approximate surface area is 106 Å². The molecule has 6 nitrogen and oxygen atoms in total. The van der Waals surface area contributed by atoms with Crippen molar-refractivity contribution in [3.05, 3.63) is 6.07 Å². The summed E-state index contributed by atoms with van der Waals surface area (Å²) in [5.41, 5.74) is 5.76. The number of nitrogens with two attached hydrogens (primary N) is 1. The van der Waals surface area contributed by atoms with Gasteiger partial charge in [0.25, 0.3) is 0 Å². The van der Waals surface area contributed by atoms with Crippen molar-refractivity contribution in [3.8, 4) is 0 Å². The molecular formula is C12H19N5O. The molecule has 0 unspecified atom stereocenters. The number of anilines is 3. The van der Waals surface area contributed by atoms with Crippen molar-refractivity contribution in [1.82, 2.24) is 9.97 Å². The molecule has 2 fully saturated rings. The summed E-state index contributed by atoms with van der Waals surface area (Å²) >= 11 is 0. The second-order valence-electron chi connectivity index (χ2n) is 5.06. The lowest BCUT2D eigenvalue weighted by atomic mass is 10.2. The van der Waals surface area contributed by atoms with Crippen LogP contribution in [0.15, 0.2) is 6.07 Å². The maximum atomic E-state index is 9.36. The molecule has 98 valence electrons. The fourth-order valence-electron chi connectivity index (χ4n) is 2.44. The van der Waals surface area contributed by atoms with Crippen LogP contribution in [0.3, 0.4) is 0 Å². The second kappa shape index (κ2) is 4.61. The summed E-state index contributed by atoms with van der Waals surface area (Å²) in [7, 11) is 0. The minimum atomic E-state index is 0.160. The third-order valence-corrected chi connectivity index (χ3v) is 3.54. The molecule has 1 aliphatic carbocycles. The van der Waals surface area contributed by atoms with E-state index in [1.54, 1.807) is 0 Å². The molecule has 1 aromatic rings. The highest BCUT2D eigenvalue weighted by molar-refractivity contribution is 5.54. The smallest absolute Gasteiger partial charge is 0.223 e. The molecule has 1 aromatic heterocycles. The zero-order valence-corrected chi connectivity index (χ0v) is 10.3. The summed E-state index contributed by atoms with van der Waals surface area (Å²) in [6.45, 7) is 1.08. The standard InChI is InChI=1S/C12H19N5O/c13-12-15-10(14-8-3-4-8)6-11(16-12)17-5-1-2-9(17)7-18/h6,8-9,18H,1-5,7H2,(H3,13,14,15,16)/t9-/m0/s1. The first-order valence-electron chi connectivity index (χ1n) is 6.55. The topological polar surface area (TPSA) is 87.3 Å². The monoisotopic (exact) mass is 249 g/mol. The van der Waals surface area contributed by atoms with Crippen LogP contribution in [0.2, 0.25) is 0 Å². The normalized spacial score (nSPS) is 23.4. The van der Waals surface area contributed by atoms with E-state index < -0.39 is 0 Å². The van der Waals surface area contributed by atoms with Gasteiger partial charge in [0, 0.05) is 18.7 Å². The van der Waals surface area contributed by atoms with Crippen LogP contribution in [-0.4, -0.2) is 40.3 Å². The predicted octanol–water partition coefficient (Wildman–Crippen LogP) is 0.594. The van der Waals surface area contributed by atoms with Crippen LogP contribution >= 0.6 is 0 Å². The molecule has 0 spiro atoms. The van der Waals surface area contributed by atoms with Crippen LogP contribution in [0.1, 0.15) is 25.7 Å². The molecule has 18 heavy (non-hydrogen) atoms. The van der Waals surface area contributed by atoms with E-state index >= 15 is 0 Å². The fraction of sp³-hybridized carbons (Fsp3) is 0.667. The van der Waals surface area contributed by atoms with Crippen LogP contribution in [-0.2, 0) is 0 Å². The van der Waals surface area contributed by atoms with Crippen LogP contribution in [0.25, 0.3) is 0 Å². The predicted molar refractivity (Wildman–Crippen MR) is 70.5 cm³/mol. The molecule has 0 aromatic carbocycles. The quantitative estimate of drug-likeness (QED) is 0.724. The van der Waals surface area contributed by atoms with Gasteiger partial charge in [0.2, 0.25) is 5.95 Å². The molecule has 1 saturated carbocycles. The number of aromatic nitrogens is 2. The van der Waals surface area contributed by atoms with Gasteiger partial charge in [-0.15, -0.1) is 0 Å². The number of nitrogens with one attached hydrogen (secondary N) is 1. The first kappa shape index (κ1) is 11.5. The Hall–Kier alpha value is -1.56. The first-order valence-corrected chi connectivity index (χ1v) is 6.55. The number of hydrogen-bond donors (Lipinski definition) is 3. The van der Waals surface area contributed by atoms with Gasteiger partial charge in [-0.25, -0.2) is 0 Å². The average molecular weight is 249 g/mol. The molecule has 0 bridgehead atoms. The van der Waals surface area contributed by atoms with Crippen LogP contribution in [0.4, 0.5) is 17.6 Å². The van der Waals surface area contributed by atoms with E-state index in [9.17, 15) is 5.11 Å². The van der Waals surface area contributed by atoms with Crippen LogP contribution in [0, 0.1) is 0 Å². The molecule has 4 N–H and O–H groups in total. The van der Waals surface area contributed by atoms with Gasteiger partial charge in [-0.3, -0.25) is 0 Å². The highest BCUT2D eigenvalue weighted by atomic mass is 16.3. The SMILES string of the molecule is Nc1nc(NC2CC2)cc(N2CCC[C@H]2CO)n1. The maximum absolute atomic E-state index is 9.36. The molecule has 2 heterocycles. The Balaban J connectivity index is 1.83. The third-order valence-electron chi connectivity index (χ3n) is 3.54. The van der Waals surface area contributed by atoms with Crippen molar-refractivity contribution in [2.45, 2.75) is 37.8 Å². The molecule has 0 amide bonds. The maximum Gasteiger partial charge on any atom is 0.223 e. The van der Waals surface area contributed by atoms with Gasteiger partial charge in [0.05, 0.1) is 12.6 Å². The molecule has 3 rings (SSSR count). The number of hydrogen-bond acceptors (Lipinski definition) is 6. The van der Waals surface area contributed by atoms with Gasteiger partial charge in [0.15, 0.2) is 0 Å². The second-order valence-corrected chi connectivity index (χ2v) is 5.06. The lowest BCUT2D eigenvalue weighted by molar-refractivity contribution is 0.266. The summed E-state index contributed by atoms with van der Waals surface area (Å²) in [5, 5.41) is 12.7. The van der Waals surface area contributed by atoms with Crippen molar-refractivity contribution < 1.29 is 5.11 Å². The van der Waals surface area contributed by atoms with Crippen molar-refractivity contribution in [2.24, 2.45) is 0 Å². The average Bonchev–Trinajstić information content (AvgIpc) is 3.03. The van der Waals surface area contributed by atoms with E-state index in [2.05, 4.69) is 20.2 Å². The number of rotatable bonds is 4. The number of aliphatic hydroxyl groups excluding tert-OH is 1. The summed E-state index contributed by atoms with van der Waals surface area (Å²) in [5.74, 6) is 1.91. The largest absolute Gasteiger partial charge is 0.394 e. The van der Waals surface area contributed by atoms with Gasteiger partial charge in [-0.2, -0.15) is 9.97 Å². The summed E-state index contributed by atoms with van der Waals surface area (Å²) < 4.78 is 0. The summed E-state index contributed by atoms with van der Waals surface area (Å²) in [4.78, 5) is 10.6. The van der Waals surface area contributed by atoms with Crippen molar-refractivity contribution in [1.29, 1.82) is 0 Å². The molecule has 1 aliphatic heterocycles. The number of aliphatic hydroxyl groups is 1. The van der Waals surface area contributed by atoms with Gasteiger partial charge in [-0.05, 0) is 25.7 Å². The van der Waals surface area contributed by atoms with Crippen LogP contribution < -0.4 is 16.0 Å². The van der Waals surface area contributed by atoms with Gasteiger partial charge >= 0.3 is 0 Å². The summed E-state index contributed by atoms with van der Waals surface area (Å²) in [6, 6.07) is 2.63. The van der Waals surface area contributed by atoms with Crippen molar-refractivity contribution in [3.63, 3.8) is 0 Å². The highest BCUT2D eigenvalue weighted by Gasteiger charge is 2.26. The Bertz CT molecular complexity index is 434. The minimum Gasteiger partial charge on any atom is -0.394 e. The molecule has 2 aliphatic rings. The van der Waals surface area contributed by atoms with Gasteiger partial charge in [-0.1, -0.05) is 0 Å². The minimum absolute atomic E-state index is 0.160. The summed E-state index contributed by atoms with van der Waals surface area (Å²) in [6.07, 6.45) is 4.48. The lowest BCUT2D eigenvalue weighted by Crippen LogP contribution is -2.33. The van der Waals surface area contributed by atoms with Gasteiger partial charge < -0.3 is 21.1 Å². The van der Waals surface area contributed by atoms with Crippen molar-refractivity contribution in [2.75, 3.05) is 29.1 Å². The van der Waals surface area contributed by atoms with E-state index in [0.29, 0.717) is 12.0 Å². The van der Waals surface area contributed by atoms with E-state index in [1.165, 1.54) is 12.8 Å². The molecule has 1 atom stereocenters. The number of nitrogen functional groups attached to an aromatic ring is 1. The number of nitrogens with zero attached hydrogens (tertiary/aromatic N) is 3. The first-order chi connectivity index (χ1) is 8.76. The molecular weight excluding hydrogens is 230 g/mol. The fourth-order valence-corrected chi connectivity index (χ4v) is 2.44. The van der Waals surface area contributed by atoms with E-state index in [4.69, 9.17) is 5.73 Å². The van der Waals surface area contributed by atoms with Gasteiger partial charge in [0.1, 0.15) is 11.6 Å². The Morgan fingerprint density at radius 1 is 1.39 bits per heavy atom. The molecule has 1 saturated heterocycles. The van der Waals surface area contributed by atoms with E-state index in [1.807, 2.05) is 6.07 Å². The Morgan fingerprint density at radius 3 is 2.94 bits per heavy atom. The zero-order valence-electron chi connectivity index (χ0n) is 10.3. The van der Waals surface area contributed by atoms with Crippen LogP contribution in [0.5, 0.6) is 0 Å². The molecule has 6 heteroatoms. The lowest BCUT2D eigenvalue weighted by Gasteiger charge is -2.24. The van der Waals surface area contributed by atoms with E-state index in [0.717, 1.165) is 31.0 Å². The molecule has 0 radical (unpaired) electrons. The zero-order chi connectivity index (χ0) is 12.5. The Morgan fingerprint density at radius 2 is 2.22 bits per heavy atom.